The maximum Gasteiger partial charge on any atom is 0.119 e. The van der Waals surface area contributed by atoms with Crippen molar-refractivity contribution >= 4 is 10.9 Å². The molecule has 2 aromatic rings. The summed E-state index contributed by atoms with van der Waals surface area (Å²) in [6, 6.07) is 7.74. The minimum atomic E-state index is 0.0311. The molecule has 2 rings (SSSR count). The summed E-state index contributed by atoms with van der Waals surface area (Å²) in [7, 11) is 1.64. The number of benzene rings is 1. The van der Waals surface area contributed by atoms with E-state index in [1.165, 1.54) is 0 Å². The number of hydrogen-bond acceptors (Lipinski definition) is 3. The molecule has 1 heterocycles. The zero-order valence-corrected chi connectivity index (χ0v) is 9.53. The van der Waals surface area contributed by atoms with Crippen LogP contribution in [0.1, 0.15) is 18.2 Å². The lowest BCUT2D eigenvalue weighted by molar-refractivity contribution is 0.280. The van der Waals surface area contributed by atoms with Gasteiger partial charge in [-0.1, -0.05) is 6.92 Å². The van der Waals surface area contributed by atoms with E-state index in [-0.39, 0.29) is 6.61 Å². The van der Waals surface area contributed by atoms with Gasteiger partial charge in [0.05, 0.1) is 19.2 Å². The van der Waals surface area contributed by atoms with E-state index >= 15 is 0 Å². The molecule has 0 amide bonds. The van der Waals surface area contributed by atoms with E-state index in [1.54, 1.807) is 7.11 Å². The van der Waals surface area contributed by atoms with E-state index < -0.39 is 0 Å². The molecule has 0 bridgehead atoms. The van der Waals surface area contributed by atoms with Crippen LogP contribution in [0, 0.1) is 0 Å². The first-order chi connectivity index (χ1) is 7.78. The number of fused-ring (bicyclic) bond motifs is 1. The van der Waals surface area contributed by atoms with Crippen LogP contribution in [0.15, 0.2) is 24.3 Å². The highest BCUT2D eigenvalue weighted by Crippen LogP contribution is 2.22. The van der Waals surface area contributed by atoms with Gasteiger partial charge in [-0.25, -0.2) is 0 Å². The molecule has 0 unspecified atom stereocenters. The quantitative estimate of drug-likeness (QED) is 0.857. The van der Waals surface area contributed by atoms with Crippen molar-refractivity contribution in [1.29, 1.82) is 0 Å². The molecule has 0 aliphatic heterocycles. The lowest BCUT2D eigenvalue weighted by Crippen LogP contribution is -1.97. The predicted octanol–water partition coefficient (Wildman–Crippen LogP) is 2.30. The normalized spacial score (nSPS) is 10.7. The Morgan fingerprint density at radius 3 is 2.75 bits per heavy atom. The average Bonchev–Trinajstić information content (AvgIpc) is 2.36. The Morgan fingerprint density at radius 2 is 2.12 bits per heavy atom. The van der Waals surface area contributed by atoms with Crippen molar-refractivity contribution in [3.05, 3.63) is 35.5 Å². The van der Waals surface area contributed by atoms with Crippen LogP contribution in [0.25, 0.3) is 10.9 Å². The Hall–Kier alpha value is -1.61. The van der Waals surface area contributed by atoms with Crippen LogP contribution < -0.4 is 4.74 Å². The van der Waals surface area contributed by atoms with Gasteiger partial charge in [0, 0.05) is 11.1 Å². The van der Waals surface area contributed by atoms with Crippen LogP contribution in [-0.2, 0) is 13.0 Å². The van der Waals surface area contributed by atoms with Crippen molar-refractivity contribution in [2.24, 2.45) is 0 Å². The monoisotopic (exact) mass is 217 g/mol. The third kappa shape index (κ3) is 1.86. The number of methoxy groups -OCH3 is 1. The standard InChI is InChI=1S/C13H15NO2/c1-3-12-10(8-15)6-9-7-11(16-2)4-5-13(9)14-12/h4-7,15H,3,8H2,1-2H3. The second-order valence-corrected chi connectivity index (χ2v) is 3.66. The second-order valence-electron chi connectivity index (χ2n) is 3.66. The minimum Gasteiger partial charge on any atom is -0.497 e. The first kappa shape index (κ1) is 10.9. The third-order valence-corrected chi connectivity index (χ3v) is 2.70. The molecule has 16 heavy (non-hydrogen) atoms. The molecule has 0 aliphatic rings. The van der Waals surface area contributed by atoms with Gasteiger partial charge in [-0.3, -0.25) is 4.98 Å². The number of aliphatic hydroxyl groups is 1. The summed E-state index contributed by atoms with van der Waals surface area (Å²) in [5.74, 6) is 0.808. The van der Waals surface area contributed by atoms with E-state index in [0.717, 1.165) is 34.3 Å². The SMILES string of the molecule is CCc1nc2ccc(OC)cc2cc1CO. The van der Waals surface area contributed by atoms with Crippen LogP contribution in [0.3, 0.4) is 0 Å². The molecular weight excluding hydrogens is 202 g/mol. The largest absolute Gasteiger partial charge is 0.497 e. The number of aryl methyl sites for hydroxylation is 1. The Morgan fingerprint density at radius 1 is 1.31 bits per heavy atom. The van der Waals surface area contributed by atoms with Crippen molar-refractivity contribution < 1.29 is 9.84 Å². The Balaban J connectivity index is 2.63. The molecule has 0 aliphatic carbocycles. The molecule has 0 spiro atoms. The minimum absolute atomic E-state index is 0.0311. The van der Waals surface area contributed by atoms with Crippen LogP contribution >= 0.6 is 0 Å². The molecule has 0 fully saturated rings. The Bertz CT molecular complexity index is 509. The van der Waals surface area contributed by atoms with Gasteiger partial charge in [-0.15, -0.1) is 0 Å². The van der Waals surface area contributed by atoms with E-state index in [9.17, 15) is 5.11 Å². The number of nitrogens with zero attached hydrogens (tertiary/aromatic N) is 1. The van der Waals surface area contributed by atoms with Crippen LogP contribution in [0.5, 0.6) is 5.75 Å². The van der Waals surface area contributed by atoms with E-state index in [2.05, 4.69) is 4.98 Å². The van der Waals surface area contributed by atoms with Gasteiger partial charge < -0.3 is 9.84 Å². The van der Waals surface area contributed by atoms with Crippen LogP contribution in [-0.4, -0.2) is 17.2 Å². The van der Waals surface area contributed by atoms with Crippen LogP contribution in [0.4, 0.5) is 0 Å². The zero-order chi connectivity index (χ0) is 11.5. The number of aliphatic hydroxyl groups excluding tert-OH is 1. The average molecular weight is 217 g/mol. The van der Waals surface area contributed by atoms with Gasteiger partial charge in [0.1, 0.15) is 5.75 Å². The highest BCUT2D eigenvalue weighted by Gasteiger charge is 2.05. The number of rotatable bonds is 3. The predicted molar refractivity (Wildman–Crippen MR) is 63.6 cm³/mol. The molecule has 0 saturated heterocycles. The molecule has 1 aromatic heterocycles. The maximum atomic E-state index is 9.26. The molecular formula is C13H15NO2. The summed E-state index contributed by atoms with van der Waals surface area (Å²) in [6.45, 7) is 2.07. The first-order valence-electron chi connectivity index (χ1n) is 5.36. The first-order valence-corrected chi connectivity index (χ1v) is 5.36. The van der Waals surface area contributed by atoms with Crippen molar-refractivity contribution in [3.8, 4) is 5.75 Å². The van der Waals surface area contributed by atoms with Gasteiger partial charge in [-0.2, -0.15) is 0 Å². The molecule has 1 aromatic carbocycles. The summed E-state index contributed by atoms with van der Waals surface area (Å²) >= 11 is 0. The molecule has 0 atom stereocenters. The molecule has 3 heteroatoms. The van der Waals surface area contributed by atoms with Crippen molar-refractivity contribution in [2.75, 3.05) is 7.11 Å². The summed E-state index contributed by atoms with van der Waals surface area (Å²) in [6.07, 6.45) is 0.831. The van der Waals surface area contributed by atoms with E-state index in [1.807, 2.05) is 31.2 Å². The fourth-order valence-corrected chi connectivity index (χ4v) is 1.81. The lowest BCUT2D eigenvalue weighted by Gasteiger charge is -2.08. The Labute approximate surface area is 94.7 Å². The molecule has 84 valence electrons. The number of ether oxygens (including phenoxy) is 1. The van der Waals surface area contributed by atoms with E-state index in [4.69, 9.17) is 4.74 Å². The van der Waals surface area contributed by atoms with Gasteiger partial charge in [0.25, 0.3) is 0 Å². The highest BCUT2D eigenvalue weighted by atomic mass is 16.5. The molecule has 1 N–H and O–H groups in total. The number of hydrogen-bond donors (Lipinski definition) is 1. The smallest absolute Gasteiger partial charge is 0.119 e. The lowest BCUT2D eigenvalue weighted by atomic mass is 10.1. The second kappa shape index (κ2) is 4.49. The highest BCUT2D eigenvalue weighted by molar-refractivity contribution is 5.81. The van der Waals surface area contributed by atoms with E-state index in [0.29, 0.717) is 0 Å². The van der Waals surface area contributed by atoms with Crippen molar-refractivity contribution in [2.45, 2.75) is 20.0 Å². The van der Waals surface area contributed by atoms with Crippen molar-refractivity contribution in [3.63, 3.8) is 0 Å². The van der Waals surface area contributed by atoms with Gasteiger partial charge >= 0.3 is 0 Å². The van der Waals surface area contributed by atoms with Crippen LogP contribution in [0.2, 0.25) is 0 Å². The van der Waals surface area contributed by atoms with Gasteiger partial charge in [0.2, 0.25) is 0 Å². The molecule has 0 saturated carbocycles. The molecule has 0 radical (unpaired) electrons. The van der Waals surface area contributed by atoms with Gasteiger partial charge in [-0.05, 0) is 36.2 Å². The number of aromatic nitrogens is 1. The fourth-order valence-electron chi connectivity index (χ4n) is 1.81. The topological polar surface area (TPSA) is 42.4 Å². The zero-order valence-electron chi connectivity index (χ0n) is 9.53. The van der Waals surface area contributed by atoms with Gasteiger partial charge in [0.15, 0.2) is 0 Å². The Kier molecular flexibility index (Phi) is 3.06. The number of pyridine rings is 1. The summed E-state index contributed by atoms with van der Waals surface area (Å²) < 4.78 is 5.16. The summed E-state index contributed by atoms with van der Waals surface area (Å²) in [4.78, 5) is 4.52. The summed E-state index contributed by atoms with van der Waals surface area (Å²) in [5, 5.41) is 10.3. The summed E-state index contributed by atoms with van der Waals surface area (Å²) in [5.41, 5.74) is 2.79. The molecule has 3 nitrogen and oxygen atoms in total. The maximum absolute atomic E-state index is 9.26. The van der Waals surface area contributed by atoms with Crippen molar-refractivity contribution in [1.82, 2.24) is 4.98 Å². The fraction of sp³-hybridized carbons (Fsp3) is 0.308. The third-order valence-electron chi connectivity index (χ3n) is 2.70.